The lowest BCUT2D eigenvalue weighted by Crippen LogP contribution is -2.26. The van der Waals surface area contributed by atoms with Crippen LogP contribution in [-0.4, -0.2) is 28.1 Å². The van der Waals surface area contributed by atoms with Gasteiger partial charge in [-0.25, -0.2) is 0 Å². The topological polar surface area (TPSA) is 49.0 Å². The van der Waals surface area contributed by atoms with Crippen LogP contribution < -0.4 is 0 Å². The number of carbonyl (C=O) groups is 1. The molecule has 1 heterocycles. The van der Waals surface area contributed by atoms with E-state index in [1.807, 2.05) is 25.1 Å². The van der Waals surface area contributed by atoms with Crippen molar-refractivity contribution in [3.05, 3.63) is 64.8 Å². The Hall–Kier alpha value is -2.83. The molecule has 0 aliphatic carbocycles. The third-order valence-corrected chi connectivity index (χ3v) is 3.97. The zero-order chi connectivity index (χ0) is 18.2. The molecule has 1 amide bonds. The molecule has 0 radical (unpaired) electrons. The molecule has 0 saturated heterocycles. The molecule has 4 nitrogen and oxygen atoms in total. The number of aryl methyl sites for hydroxylation is 1. The first-order valence-corrected chi connectivity index (χ1v) is 7.62. The molecule has 1 N–H and O–H groups in total. The van der Waals surface area contributed by atoms with Crippen LogP contribution in [0.1, 0.15) is 27.2 Å². The summed E-state index contributed by atoms with van der Waals surface area (Å²) in [5.41, 5.74) is 1.97. The van der Waals surface area contributed by atoms with Gasteiger partial charge in [-0.1, -0.05) is 23.8 Å². The Kier molecular flexibility index (Phi) is 4.24. The fourth-order valence-corrected chi connectivity index (χ4v) is 2.62. The highest BCUT2D eigenvalue weighted by molar-refractivity contribution is 6.04. The van der Waals surface area contributed by atoms with Crippen LogP contribution >= 0.6 is 0 Å². The van der Waals surface area contributed by atoms with E-state index < -0.39 is 11.7 Å². The number of H-pyrrole nitrogens is 1. The van der Waals surface area contributed by atoms with Gasteiger partial charge in [0.15, 0.2) is 5.69 Å². The maximum absolute atomic E-state index is 12.6. The minimum Gasteiger partial charge on any atom is -0.336 e. The van der Waals surface area contributed by atoms with Gasteiger partial charge in [0.25, 0.3) is 5.91 Å². The Labute approximate surface area is 142 Å². The first-order chi connectivity index (χ1) is 11.8. The molecule has 3 rings (SSSR count). The van der Waals surface area contributed by atoms with Crippen molar-refractivity contribution in [2.75, 3.05) is 7.05 Å². The molecule has 2 aromatic carbocycles. The fraction of sp³-hybridized carbons (Fsp3) is 0.222. The van der Waals surface area contributed by atoms with Crippen molar-refractivity contribution in [1.29, 1.82) is 0 Å². The lowest BCUT2D eigenvalue weighted by atomic mass is 10.1. The Morgan fingerprint density at radius 1 is 1.16 bits per heavy atom. The van der Waals surface area contributed by atoms with Gasteiger partial charge in [0.2, 0.25) is 0 Å². The van der Waals surface area contributed by atoms with Crippen molar-refractivity contribution in [2.24, 2.45) is 0 Å². The van der Waals surface area contributed by atoms with Crippen LogP contribution in [0, 0.1) is 6.92 Å². The van der Waals surface area contributed by atoms with Gasteiger partial charge < -0.3 is 4.90 Å². The molecular weight excluding hydrogens is 331 g/mol. The molecule has 130 valence electrons. The second-order valence-corrected chi connectivity index (χ2v) is 5.98. The number of nitrogens with one attached hydrogen (secondary N) is 1. The molecule has 0 aliphatic heterocycles. The number of hydrogen-bond acceptors (Lipinski definition) is 2. The highest BCUT2D eigenvalue weighted by Crippen LogP contribution is 2.29. The van der Waals surface area contributed by atoms with Gasteiger partial charge in [-0.2, -0.15) is 18.3 Å². The van der Waals surface area contributed by atoms with Gasteiger partial charge >= 0.3 is 6.18 Å². The largest absolute Gasteiger partial charge is 0.416 e. The van der Waals surface area contributed by atoms with Gasteiger partial charge in [0, 0.05) is 19.0 Å². The molecule has 0 unspecified atom stereocenters. The predicted octanol–water partition coefficient (Wildman–Crippen LogP) is 4.16. The molecule has 0 bridgehead atoms. The van der Waals surface area contributed by atoms with Crippen LogP contribution in [0.3, 0.4) is 0 Å². The average Bonchev–Trinajstić information content (AvgIpc) is 2.96. The molecule has 3 aromatic rings. The predicted molar refractivity (Wildman–Crippen MR) is 88.1 cm³/mol. The number of carbonyl (C=O) groups excluding carboxylic acids is 1. The lowest BCUT2D eigenvalue weighted by Gasteiger charge is -2.17. The van der Waals surface area contributed by atoms with Crippen molar-refractivity contribution in [1.82, 2.24) is 15.1 Å². The summed E-state index contributed by atoms with van der Waals surface area (Å²) in [6, 6.07) is 10.4. The minimum atomic E-state index is -4.37. The lowest BCUT2D eigenvalue weighted by molar-refractivity contribution is -0.137. The summed E-state index contributed by atoms with van der Waals surface area (Å²) >= 11 is 0. The van der Waals surface area contributed by atoms with Gasteiger partial charge in [-0.3, -0.25) is 9.89 Å². The van der Waals surface area contributed by atoms with Gasteiger partial charge in [-0.05, 0) is 36.8 Å². The van der Waals surface area contributed by atoms with E-state index in [2.05, 4.69) is 10.2 Å². The second kappa shape index (κ2) is 6.23. The summed E-state index contributed by atoms with van der Waals surface area (Å²) in [4.78, 5) is 14.1. The van der Waals surface area contributed by atoms with Gasteiger partial charge in [-0.15, -0.1) is 0 Å². The van der Waals surface area contributed by atoms with Crippen molar-refractivity contribution in [3.63, 3.8) is 0 Å². The normalized spacial score (nSPS) is 11.7. The number of fused-ring (bicyclic) bond motifs is 1. The number of hydrogen-bond donors (Lipinski definition) is 1. The summed E-state index contributed by atoms with van der Waals surface area (Å²) in [7, 11) is 1.59. The zero-order valence-electron chi connectivity index (χ0n) is 13.7. The molecule has 25 heavy (non-hydrogen) atoms. The van der Waals surface area contributed by atoms with Gasteiger partial charge in [0.05, 0.1) is 11.1 Å². The number of alkyl halides is 3. The molecular formula is C18H16F3N3O. The maximum Gasteiger partial charge on any atom is 0.416 e. The van der Waals surface area contributed by atoms with Crippen LogP contribution in [-0.2, 0) is 12.7 Å². The summed E-state index contributed by atoms with van der Waals surface area (Å²) in [5, 5.41) is 7.62. The van der Waals surface area contributed by atoms with Crippen molar-refractivity contribution < 1.29 is 18.0 Å². The van der Waals surface area contributed by atoms with E-state index in [0.717, 1.165) is 28.6 Å². The quantitative estimate of drug-likeness (QED) is 0.773. The van der Waals surface area contributed by atoms with Crippen LogP contribution in [0.5, 0.6) is 0 Å². The van der Waals surface area contributed by atoms with E-state index in [1.54, 1.807) is 7.05 Å². The Morgan fingerprint density at radius 3 is 2.48 bits per heavy atom. The monoisotopic (exact) mass is 347 g/mol. The van der Waals surface area contributed by atoms with Crippen LogP contribution in [0.15, 0.2) is 42.5 Å². The molecule has 0 atom stereocenters. The van der Waals surface area contributed by atoms with E-state index in [4.69, 9.17) is 0 Å². The Balaban J connectivity index is 1.79. The summed E-state index contributed by atoms with van der Waals surface area (Å²) in [5.74, 6) is -0.295. The molecule has 0 fully saturated rings. The number of nitrogens with zero attached hydrogens (tertiary/aromatic N) is 2. The van der Waals surface area contributed by atoms with Crippen molar-refractivity contribution >= 4 is 16.8 Å². The highest BCUT2D eigenvalue weighted by Gasteiger charge is 2.30. The van der Waals surface area contributed by atoms with E-state index in [1.165, 1.54) is 17.0 Å². The standard InChI is InChI=1S/C18H16F3N3O/c1-11-3-8-15-14(9-11)16(23-22-15)17(25)24(2)10-12-4-6-13(7-5-12)18(19,20)21/h3-9H,10H2,1-2H3,(H,22,23). The van der Waals surface area contributed by atoms with Crippen LogP contribution in [0.2, 0.25) is 0 Å². The molecule has 7 heteroatoms. The second-order valence-electron chi connectivity index (χ2n) is 5.98. The SMILES string of the molecule is Cc1ccc2[nH]nc(C(=O)N(C)Cc3ccc(C(F)(F)F)cc3)c2c1. The number of amides is 1. The molecule has 0 spiro atoms. The number of rotatable bonds is 3. The zero-order valence-corrected chi connectivity index (χ0v) is 13.7. The van der Waals surface area contributed by atoms with E-state index in [-0.39, 0.29) is 12.5 Å². The summed E-state index contributed by atoms with van der Waals surface area (Å²) in [6.45, 7) is 2.11. The Bertz CT molecular complexity index is 913. The first kappa shape index (κ1) is 17.0. The first-order valence-electron chi connectivity index (χ1n) is 7.62. The van der Waals surface area contributed by atoms with Crippen molar-refractivity contribution in [2.45, 2.75) is 19.6 Å². The third kappa shape index (κ3) is 3.50. The fourth-order valence-electron chi connectivity index (χ4n) is 2.62. The van der Waals surface area contributed by atoms with E-state index in [0.29, 0.717) is 11.3 Å². The number of halogens is 3. The number of aromatic nitrogens is 2. The van der Waals surface area contributed by atoms with Crippen LogP contribution in [0.25, 0.3) is 10.9 Å². The average molecular weight is 347 g/mol. The van der Waals surface area contributed by atoms with E-state index in [9.17, 15) is 18.0 Å². The minimum absolute atomic E-state index is 0.192. The number of benzene rings is 2. The summed E-state index contributed by atoms with van der Waals surface area (Å²) < 4.78 is 37.8. The van der Waals surface area contributed by atoms with Crippen LogP contribution in [0.4, 0.5) is 13.2 Å². The smallest absolute Gasteiger partial charge is 0.336 e. The summed E-state index contributed by atoms with van der Waals surface area (Å²) in [6.07, 6.45) is -4.37. The van der Waals surface area contributed by atoms with Gasteiger partial charge in [0.1, 0.15) is 0 Å². The Morgan fingerprint density at radius 2 is 1.84 bits per heavy atom. The van der Waals surface area contributed by atoms with Crippen molar-refractivity contribution in [3.8, 4) is 0 Å². The highest BCUT2D eigenvalue weighted by atomic mass is 19.4. The number of aromatic amines is 1. The molecule has 1 aromatic heterocycles. The molecule has 0 aliphatic rings. The maximum atomic E-state index is 12.6. The third-order valence-electron chi connectivity index (χ3n) is 3.97. The molecule has 0 saturated carbocycles. The van der Waals surface area contributed by atoms with E-state index >= 15 is 0 Å².